The molecule has 1 unspecified atom stereocenters. The van der Waals surface area contributed by atoms with E-state index in [4.69, 9.17) is 9.47 Å². The lowest BCUT2D eigenvalue weighted by molar-refractivity contribution is -0.134. The Hall–Kier alpha value is -4.08. The van der Waals surface area contributed by atoms with Crippen LogP contribution in [-0.4, -0.2) is 53.2 Å². The molecule has 0 spiro atoms. The molecule has 2 amide bonds. The van der Waals surface area contributed by atoms with Crippen LogP contribution >= 0.6 is 0 Å². The molecule has 10 heteroatoms. The van der Waals surface area contributed by atoms with Crippen LogP contribution in [0.3, 0.4) is 0 Å². The Kier molecular flexibility index (Phi) is 7.45. The predicted octanol–water partition coefficient (Wildman–Crippen LogP) is 2.44. The van der Waals surface area contributed by atoms with Crippen LogP contribution in [0.5, 0.6) is 11.5 Å². The number of hydrogen-bond acceptors (Lipinski definition) is 6. The summed E-state index contributed by atoms with van der Waals surface area (Å²) in [6.45, 7) is 2.87. The van der Waals surface area contributed by atoms with Gasteiger partial charge in [0.2, 0.25) is 11.8 Å². The van der Waals surface area contributed by atoms with E-state index in [0.717, 1.165) is 31.2 Å². The van der Waals surface area contributed by atoms with Crippen molar-refractivity contribution in [3.05, 3.63) is 68.4 Å². The maximum atomic E-state index is 14.0. The van der Waals surface area contributed by atoms with E-state index < -0.39 is 11.2 Å². The number of likely N-dealkylation sites (tertiary alicyclic amines) is 1. The Morgan fingerprint density at radius 2 is 1.72 bits per heavy atom. The minimum Gasteiger partial charge on any atom is -0.493 e. The minimum absolute atomic E-state index is 0.0430. The number of carbonyl (C=O) groups is 2. The largest absolute Gasteiger partial charge is 0.493 e. The van der Waals surface area contributed by atoms with Gasteiger partial charge >= 0.3 is 5.69 Å². The third-order valence-electron chi connectivity index (χ3n) is 7.56. The van der Waals surface area contributed by atoms with E-state index in [1.54, 1.807) is 42.0 Å². The summed E-state index contributed by atoms with van der Waals surface area (Å²) in [5, 5.41) is 3.15. The van der Waals surface area contributed by atoms with Crippen molar-refractivity contribution in [2.45, 2.75) is 51.7 Å². The number of nitrogens with one attached hydrogen (secondary N) is 1. The summed E-state index contributed by atoms with van der Waals surface area (Å²) >= 11 is 0. The van der Waals surface area contributed by atoms with Gasteiger partial charge in [-0.2, -0.15) is 0 Å². The molecule has 2 fully saturated rings. The number of hydrogen-bond donors (Lipinski definition) is 1. The normalized spacial score (nSPS) is 17.2. The zero-order chi connectivity index (χ0) is 27.7. The number of methoxy groups -OCH3 is 2. The van der Waals surface area contributed by atoms with Crippen molar-refractivity contribution in [3.8, 4) is 11.5 Å². The third-order valence-corrected chi connectivity index (χ3v) is 7.56. The Morgan fingerprint density at radius 3 is 2.41 bits per heavy atom. The summed E-state index contributed by atoms with van der Waals surface area (Å²) in [6.07, 6.45) is 3.37. The highest BCUT2D eigenvalue weighted by Crippen LogP contribution is 2.33. The number of benzene rings is 2. The van der Waals surface area contributed by atoms with Gasteiger partial charge in [0.25, 0.3) is 5.56 Å². The number of amides is 2. The smallest absolute Gasteiger partial charge is 0.332 e. The Bertz CT molecular complexity index is 1540. The van der Waals surface area contributed by atoms with E-state index in [-0.39, 0.29) is 36.9 Å². The van der Waals surface area contributed by atoms with Crippen LogP contribution in [0.2, 0.25) is 0 Å². The first-order chi connectivity index (χ1) is 18.8. The van der Waals surface area contributed by atoms with E-state index in [2.05, 4.69) is 5.32 Å². The first kappa shape index (κ1) is 26.5. The Morgan fingerprint density at radius 1 is 0.974 bits per heavy atom. The van der Waals surface area contributed by atoms with E-state index in [9.17, 15) is 19.2 Å². The molecular weight excluding hydrogens is 500 g/mol. The third kappa shape index (κ3) is 5.41. The molecule has 0 bridgehead atoms. The molecule has 1 aromatic heterocycles. The lowest BCUT2D eigenvalue weighted by Gasteiger charge is -2.34. The van der Waals surface area contributed by atoms with Gasteiger partial charge in [0.1, 0.15) is 0 Å². The van der Waals surface area contributed by atoms with Crippen molar-refractivity contribution in [2.24, 2.45) is 5.92 Å². The molecule has 10 nitrogen and oxygen atoms in total. The number of nitrogens with zero attached hydrogens (tertiary/aromatic N) is 3. The average molecular weight is 535 g/mol. The van der Waals surface area contributed by atoms with Crippen LogP contribution in [0, 0.1) is 5.92 Å². The lowest BCUT2D eigenvalue weighted by atomic mass is 10.0. The Balaban J connectivity index is 1.61. The molecule has 1 aliphatic heterocycles. The number of fused-ring (bicyclic) bond motifs is 1. The van der Waals surface area contributed by atoms with Crippen LogP contribution in [0.25, 0.3) is 10.9 Å². The minimum atomic E-state index is -0.414. The molecule has 1 saturated carbocycles. The van der Waals surface area contributed by atoms with Crippen LogP contribution in [0.4, 0.5) is 0 Å². The van der Waals surface area contributed by atoms with E-state index in [1.807, 2.05) is 11.0 Å². The fourth-order valence-electron chi connectivity index (χ4n) is 5.37. The van der Waals surface area contributed by atoms with Gasteiger partial charge in [-0.25, -0.2) is 4.79 Å². The number of aromatic nitrogens is 2. The SMILES string of the molecule is COc1ccc(Cn2c(=O)c3cc(CNC(C)=O)ccc3n(C3CCCN(C(=O)C4CC4)C3)c2=O)cc1OC. The lowest BCUT2D eigenvalue weighted by Crippen LogP contribution is -2.47. The van der Waals surface area contributed by atoms with Crippen molar-refractivity contribution in [1.82, 2.24) is 19.4 Å². The van der Waals surface area contributed by atoms with Gasteiger partial charge in [0.05, 0.1) is 37.7 Å². The Labute approximate surface area is 226 Å². The van der Waals surface area contributed by atoms with Crippen molar-refractivity contribution >= 4 is 22.7 Å². The highest BCUT2D eigenvalue weighted by molar-refractivity contribution is 5.81. The van der Waals surface area contributed by atoms with Crippen LogP contribution in [0.1, 0.15) is 49.8 Å². The van der Waals surface area contributed by atoms with Crippen LogP contribution in [0.15, 0.2) is 46.0 Å². The topological polar surface area (TPSA) is 112 Å². The van der Waals surface area contributed by atoms with Crippen molar-refractivity contribution in [2.75, 3.05) is 27.3 Å². The fraction of sp³-hybridized carbons (Fsp3) is 0.448. The summed E-state index contributed by atoms with van der Waals surface area (Å²) in [4.78, 5) is 54.0. The summed E-state index contributed by atoms with van der Waals surface area (Å²) in [7, 11) is 3.08. The maximum Gasteiger partial charge on any atom is 0.332 e. The highest BCUT2D eigenvalue weighted by Gasteiger charge is 2.36. The molecule has 0 radical (unpaired) electrons. The number of rotatable bonds is 8. The van der Waals surface area contributed by atoms with E-state index >= 15 is 0 Å². The molecule has 1 N–H and O–H groups in total. The van der Waals surface area contributed by atoms with E-state index in [0.29, 0.717) is 41.1 Å². The molecule has 2 heterocycles. The van der Waals surface area contributed by atoms with Gasteiger partial charge < -0.3 is 19.7 Å². The molecule has 1 saturated heterocycles. The molecule has 1 atom stereocenters. The van der Waals surface area contributed by atoms with Crippen LogP contribution in [-0.2, 0) is 22.7 Å². The summed E-state index contributed by atoms with van der Waals surface area (Å²) < 4.78 is 13.7. The molecule has 3 aromatic rings. The number of ether oxygens (including phenoxy) is 2. The number of carbonyl (C=O) groups excluding carboxylic acids is 2. The number of piperidine rings is 1. The fourth-order valence-corrected chi connectivity index (χ4v) is 5.37. The first-order valence-electron chi connectivity index (χ1n) is 13.3. The standard InChI is InChI=1S/C29H34N4O6/c1-18(34)30-15-19-6-10-24-23(13-19)28(36)32(16-20-7-11-25(38-2)26(14-20)39-3)29(37)33(24)22-5-4-12-31(17-22)27(35)21-8-9-21/h6-7,10-11,13-14,21-22H,4-5,8-9,12,15-17H2,1-3H3,(H,30,34). The van der Waals surface area contributed by atoms with Gasteiger partial charge in [-0.15, -0.1) is 0 Å². The second-order valence-electron chi connectivity index (χ2n) is 10.3. The molecule has 5 rings (SSSR count). The van der Waals surface area contributed by atoms with Gasteiger partial charge in [0.15, 0.2) is 11.5 Å². The molecular formula is C29H34N4O6. The summed E-state index contributed by atoms with van der Waals surface area (Å²) in [5.41, 5.74) is 1.18. The van der Waals surface area contributed by atoms with Gasteiger partial charge in [-0.3, -0.25) is 23.5 Å². The van der Waals surface area contributed by atoms with Gasteiger partial charge in [0, 0.05) is 32.5 Å². The first-order valence-corrected chi connectivity index (χ1v) is 13.3. The molecule has 39 heavy (non-hydrogen) atoms. The molecule has 206 valence electrons. The molecule has 1 aliphatic carbocycles. The second kappa shape index (κ2) is 11.0. The van der Waals surface area contributed by atoms with E-state index in [1.165, 1.54) is 18.6 Å². The van der Waals surface area contributed by atoms with Crippen LogP contribution < -0.4 is 26.0 Å². The van der Waals surface area contributed by atoms with Crippen molar-refractivity contribution in [1.29, 1.82) is 0 Å². The molecule has 2 aliphatic rings. The summed E-state index contributed by atoms with van der Waals surface area (Å²) in [5.74, 6) is 1.15. The van der Waals surface area contributed by atoms with Crippen molar-refractivity contribution in [3.63, 3.8) is 0 Å². The monoisotopic (exact) mass is 534 g/mol. The zero-order valence-corrected chi connectivity index (χ0v) is 22.6. The predicted molar refractivity (Wildman–Crippen MR) is 146 cm³/mol. The van der Waals surface area contributed by atoms with Crippen molar-refractivity contribution < 1.29 is 19.1 Å². The molecule has 2 aromatic carbocycles. The second-order valence-corrected chi connectivity index (χ2v) is 10.3. The maximum absolute atomic E-state index is 14.0. The highest BCUT2D eigenvalue weighted by atomic mass is 16.5. The summed E-state index contributed by atoms with van der Waals surface area (Å²) in [6, 6.07) is 10.4. The zero-order valence-electron chi connectivity index (χ0n) is 22.6. The van der Waals surface area contributed by atoms with Gasteiger partial charge in [-0.1, -0.05) is 12.1 Å². The quantitative estimate of drug-likeness (QED) is 0.475. The average Bonchev–Trinajstić information content (AvgIpc) is 3.79. The van der Waals surface area contributed by atoms with Gasteiger partial charge in [-0.05, 0) is 61.1 Å².